The Morgan fingerprint density at radius 2 is 1.97 bits per heavy atom. The van der Waals surface area contributed by atoms with Gasteiger partial charge in [0.1, 0.15) is 11.3 Å². The first-order valence-corrected chi connectivity index (χ1v) is 9.11. The van der Waals surface area contributed by atoms with Crippen LogP contribution >= 0.6 is 0 Å². The highest BCUT2D eigenvalue weighted by Gasteiger charge is 2.20. The Balaban J connectivity index is 1.52. The topological polar surface area (TPSA) is 112 Å². The number of rotatable bonds is 6. The molecule has 0 fully saturated rings. The molecule has 0 atom stereocenters. The fourth-order valence-corrected chi connectivity index (χ4v) is 3.12. The quantitative estimate of drug-likeness (QED) is 0.650. The van der Waals surface area contributed by atoms with E-state index in [9.17, 15) is 14.4 Å². The van der Waals surface area contributed by atoms with Gasteiger partial charge < -0.3 is 29.1 Å². The average molecular weight is 397 g/mol. The third kappa shape index (κ3) is 3.66. The second-order valence-electron chi connectivity index (χ2n) is 6.42. The Morgan fingerprint density at radius 1 is 1.17 bits per heavy atom. The van der Waals surface area contributed by atoms with Crippen LogP contribution in [0.4, 0.5) is 0 Å². The second kappa shape index (κ2) is 7.70. The summed E-state index contributed by atoms with van der Waals surface area (Å²) in [6, 6.07) is 6.76. The molecule has 1 aromatic carbocycles. The van der Waals surface area contributed by atoms with Crippen molar-refractivity contribution < 1.29 is 23.5 Å². The predicted molar refractivity (Wildman–Crippen MR) is 103 cm³/mol. The van der Waals surface area contributed by atoms with Crippen LogP contribution in [-0.2, 0) is 17.9 Å². The maximum Gasteiger partial charge on any atom is 0.257 e. The maximum absolute atomic E-state index is 12.9. The fraction of sp³-hybridized carbons (Fsp3) is 0.250. The number of aryl methyl sites for hydroxylation is 1. The summed E-state index contributed by atoms with van der Waals surface area (Å²) < 4.78 is 17.6. The van der Waals surface area contributed by atoms with Gasteiger partial charge in [-0.3, -0.25) is 14.4 Å². The van der Waals surface area contributed by atoms with Crippen LogP contribution in [0.5, 0.6) is 11.5 Å². The summed E-state index contributed by atoms with van der Waals surface area (Å²) in [5.74, 6) is 0.611. The van der Waals surface area contributed by atoms with E-state index in [1.165, 1.54) is 12.5 Å². The zero-order chi connectivity index (χ0) is 20.4. The number of nitrogens with one attached hydrogen (secondary N) is 2. The van der Waals surface area contributed by atoms with Crippen LogP contribution in [0.1, 0.15) is 23.0 Å². The van der Waals surface area contributed by atoms with Crippen molar-refractivity contribution >= 4 is 22.7 Å². The maximum atomic E-state index is 12.9. The third-order valence-corrected chi connectivity index (χ3v) is 4.61. The van der Waals surface area contributed by atoms with E-state index in [0.717, 1.165) is 0 Å². The molecule has 4 rings (SSSR count). The van der Waals surface area contributed by atoms with Gasteiger partial charge in [0.25, 0.3) is 5.91 Å². The standard InChI is InChI=1S/C20H19N3O6/c1-2-23-10-14(19(25)13-6-16-17(7-15(13)23)29-11-28-16)20(26)22-9-18(24)21-8-12-4-3-5-27-12/h3-7,10H,2,8-9,11H2,1H3,(H,21,24)(H,22,26). The summed E-state index contributed by atoms with van der Waals surface area (Å²) in [6.45, 7) is 2.49. The van der Waals surface area contributed by atoms with Crippen LogP contribution in [0.3, 0.4) is 0 Å². The van der Waals surface area contributed by atoms with Crippen LogP contribution in [-0.4, -0.2) is 29.7 Å². The van der Waals surface area contributed by atoms with Crippen molar-refractivity contribution in [3.05, 3.63) is 58.3 Å². The molecule has 1 aliphatic heterocycles. The highest BCUT2D eigenvalue weighted by Crippen LogP contribution is 2.35. The molecule has 9 nitrogen and oxygen atoms in total. The van der Waals surface area contributed by atoms with Gasteiger partial charge in [0.05, 0.1) is 30.3 Å². The second-order valence-corrected chi connectivity index (χ2v) is 6.42. The Labute approximate surface area is 165 Å². The van der Waals surface area contributed by atoms with E-state index in [1.807, 2.05) is 6.92 Å². The van der Waals surface area contributed by atoms with Crippen LogP contribution in [0, 0.1) is 0 Å². The lowest BCUT2D eigenvalue weighted by atomic mass is 10.1. The van der Waals surface area contributed by atoms with Crippen LogP contribution < -0.4 is 25.5 Å². The number of furan rings is 1. The minimum atomic E-state index is -0.620. The molecule has 9 heteroatoms. The number of ether oxygens (including phenoxy) is 2. The normalized spacial score (nSPS) is 12.2. The molecule has 3 heterocycles. The van der Waals surface area contributed by atoms with Crippen molar-refractivity contribution in [2.45, 2.75) is 20.0 Å². The number of benzene rings is 1. The molecule has 0 unspecified atom stereocenters. The van der Waals surface area contributed by atoms with E-state index in [4.69, 9.17) is 13.9 Å². The Bertz CT molecular complexity index is 1130. The SMILES string of the molecule is CCn1cc(C(=O)NCC(=O)NCc2ccco2)c(=O)c2cc3c(cc21)OCO3. The van der Waals surface area contributed by atoms with Gasteiger partial charge in [0, 0.05) is 18.8 Å². The first-order valence-electron chi connectivity index (χ1n) is 9.11. The highest BCUT2D eigenvalue weighted by atomic mass is 16.7. The van der Waals surface area contributed by atoms with E-state index in [1.54, 1.807) is 28.8 Å². The van der Waals surface area contributed by atoms with E-state index in [0.29, 0.717) is 34.7 Å². The monoisotopic (exact) mass is 397 g/mol. The van der Waals surface area contributed by atoms with Gasteiger partial charge >= 0.3 is 0 Å². The van der Waals surface area contributed by atoms with Crippen molar-refractivity contribution in [1.29, 1.82) is 0 Å². The molecule has 2 amide bonds. The smallest absolute Gasteiger partial charge is 0.257 e. The molecule has 0 saturated heterocycles. The van der Waals surface area contributed by atoms with Gasteiger partial charge in [-0.1, -0.05) is 0 Å². The van der Waals surface area contributed by atoms with Crippen molar-refractivity contribution in [3.63, 3.8) is 0 Å². The Hall–Kier alpha value is -3.75. The molecular formula is C20H19N3O6. The van der Waals surface area contributed by atoms with E-state index in [2.05, 4.69) is 10.6 Å². The number of carbonyl (C=O) groups is 2. The lowest BCUT2D eigenvalue weighted by Gasteiger charge is -2.12. The largest absolute Gasteiger partial charge is 0.467 e. The molecule has 3 aromatic rings. The van der Waals surface area contributed by atoms with Gasteiger partial charge in [-0.15, -0.1) is 0 Å². The number of hydrogen-bond acceptors (Lipinski definition) is 6. The Kier molecular flexibility index (Phi) is 4.94. The molecule has 0 saturated carbocycles. The zero-order valence-electron chi connectivity index (χ0n) is 15.7. The lowest BCUT2D eigenvalue weighted by molar-refractivity contribution is -0.120. The van der Waals surface area contributed by atoms with Crippen molar-refractivity contribution in [1.82, 2.24) is 15.2 Å². The minimum absolute atomic E-state index is 0.0444. The molecule has 0 radical (unpaired) electrons. The van der Waals surface area contributed by atoms with Gasteiger partial charge in [-0.25, -0.2) is 0 Å². The van der Waals surface area contributed by atoms with Crippen molar-refractivity contribution in [3.8, 4) is 11.5 Å². The first-order chi connectivity index (χ1) is 14.1. The molecule has 150 valence electrons. The van der Waals surface area contributed by atoms with Gasteiger partial charge in [0.15, 0.2) is 11.5 Å². The van der Waals surface area contributed by atoms with Crippen LogP contribution in [0.2, 0.25) is 0 Å². The molecule has 0 spiro atoms. The molecule has 29 heavy (non-hydrogen) atoms. The number of fused-ring (bicyclic) bond motifs is 2. The number of pyridine rings is 1. The molecule has 2 aromatic heterocycles. The summed E-state index contributed by atoms with van der Waals surface area (Å²) in [5, 5.41) is 5.47. The number of aromatic nitrogens is 1. The molecule has 0 bridgehead atoms. The summed E-state index contributed by atoms with van der Waals surface area (Å²) in [7, 11) is 0. The first kappa shape index (κ1) is 18.6. The predicted octanol–water partition coefficient (Wildman–Crippen LogP) is 1.39. The number of amides is 2. The summed E-state index contributed by atoms with van der Waals surface area (Å²) in [5.41, 5.74) is 0.169. The zero-order valence-corrected chi connectivity index (χ0v) is 15.7. The lowest BCUT2D eigenvalue weighted by Crippen LogP contribution is -2.38. The molecular weight excluding hydrogens is 378 g/mol. The summed E-state index contributed by atoms with van der Waals surface area (Å²) >= 11 is 0. The van der Waals surface area contributed by atoms with Gasteiger partial charge in [-0.05, 0) is 25.1 Å². The third-order valence-electron chi connectivity index (χ3n) is 4.61. The molecule has 2 N–H and O–H groups in total. The van der Waals surface area contributed by atoms with Gasteiger partial charge in [-0.2, -0.15) is 0 Å². The van der Waals surface area contributed by atoms with E-state index < -0.39 is 17.2 Å². The van der Waals surface area contributed by atoms with Gasteiger partial charge in [0.2, 0.25) is 18.1 Å². The van der Waals surface area contributed by atoms with E-state index in [-0.39, 0.29) is 25.4 Å². The van der Waals surface area contributed by atoms with Crippen LogP contribution in [0.15, 0.2) is 45.9 Å². The molecule has 1 aliphatic rings. The van der Waals surface area contributed by atoms with Crippen molar-refractivity contribution in [2.24, 2.45) is 0 Å². The number of nitrogens with zero attached hydrogens (tertiary/aromatic N) is 1. The van der Waals surface area contributed by atoms with Crippen molar-refractivity contribution in [2.75, 3.05) is 13.3 Å². The number of carbonyl (C=O) groups excluding carboxylic acids is 2. The Morgan fingerprint density at radius 3 is 2.69 bits per heavy atom. The molecule has 0 aliphatic carbocycles. The summed E-state index contributed by atoms with van der Waals surface area (Å²) in [6.07, 6.45) is 3.00. The van der Waals surface area contributed by atoms with Crippen LogP contribution in [0.25, 0.3) is 10.9 Å². The summed E-state index contributed by atoms with van der Waals surface area (Å²) in [4.78, 5) is 37.4. The highest BCUT2D eigenvalue weighted by molar-refractivity contribution is 5.99. The average Bonchev–Trinajstić information content (AvgIpc) is 3.41. The minimum Gasteiger partial charge on any atom is -0.467 e. The number of hydrogen-bond donors (Lipinski definition) is 2. The van der Waals surface area contributed by atoms with E-state index >= 15 is 0 Å². The fourth-order valence-electron chi connectivity index (χ4n) is 3.12.